The molecule has 2 heteroatoms. The number of rotatable bonds is 1. The van der Waals surface area contributed by atoms with Crippen LogP contribution in [-0.4, -0.2) is 19.3 Å². The fourth-order valence-corrected chi connectivity index (χ4v) is 1.14. The lowest BCUT2D eigenvalue weighted by Crippen LogP contribution is -2.33. The summed E-state index contributed by atoms with van der Waals surface area (Å²) in [6.45, 7) is 5.91. The molecule has 1 fully saturated rings. The summed E-state index contributed by atoms with van der Waals surface area (Å²) >= 11 is 0. The lowest BCUT2D eigenvalue weighted by atomic mass is 9.84. The third kappa shape index (κ3) is 1.10. The van der Waals surface area contributed by atoms with E-state index in [0.717, 1.165) is 19.6 Å². The number of hydrogen-bond acceptors (Lipinski definition) is 2. The fraction of sp³-hybridized carbons (Fsp3) is 1.00. The Hall–Kier alpha value is -0.0800. The van der Waals surface area contributed by atoms with Crippen molar-refractivity contribution >= 4 is 0 Å². The van der Waals surface area contributed by atoms with Crippen LogP contribution in [0.3, 0.4) is 0 Å². The summed E-state index contributed by atoms with van der Waals surface area (Å²) in [6, 6.07) is 0. The predicted molar refractivity (Wildman–Crippen MR) is 37.2 cm³/mol. The Morgan fingerprint density at radius 2 is 2.44 bits per heavy atom. The van der Waals surface area contributed by atoms with Crippen molar-refractivity contribution in [2.45, 2.75) is 26.4 Å². The highest BCUT2D eigenvalue weighted by Crippen LogP contribution is 2.32. The zero-order chi connectivity index (χ0) is 6.91. The molecule has 0 radical (unpaired) electrons. The van der Waals surface area contributed by atoms with Crippen LogP contribution >= 0.6 is 0 Å². The summed E-state index contributed by atoms with van der Waals surface area (Å²) < 4.78 is 5.38. The quantitative estimate of drug-likeness (QED) is 0.567. The highest BCUT2D eigenvalue weighted by atomic mass is 16.5. The highest BCUT2D eigenvalue weighted by Gasteiger charge is 2.35. The van der Waals surface area contributed by atoms with E-state index >= 15 is 0 Å². The molecule has 1 saturated heterocycles. The van der Waals surface area contributed by atoms with Crippen LogP contribution < -0.4 is 5.73 Å². The molecule has 0 aromatic rings. The molecule has 54 valence electrons. The summed E-state index contributed by atoms with van der Waals surface area (Å²) in [6.07, 6.45) is 1.47. The molecule has 9 heavy (non-hydrogen) atoms. The Morgan fingerprint density at radius 1 is 1.78 bits per heavy atom. The summed E-state index contributed by atoms with van der Waals surface area (Å²) in [7, 11) is 0. The van der Waals surface area contributed by atoms with Gasteiger partial charge in [-0.15, -0.1) is 0 Å². The average Bonchev–Trinajstić information content (AvgIpc) is 2.15. The van der Waals surface area contributed by atoms with Crippen molar-refractivity contribution in [2.75, 3.05) is 13.2 Å². The second-order valence-corrected chi connectivity index (χ2v) is 3.12. The van der Waals surface area contributed by atoms with Crippen LogP contribution in [0.2, 0.25) is 0 Å². The molecular formula is C7H15NO. The largest absolute Gasteiger partial charge is 0.378 e. The first kappa shape index (κ1) is 7.03. The molecule has 0 spiro atoms. The Balaban J connectivity index is 2.56. The van der Waals surface area contributed by atoms with Crippen LogP contribution in [0.15, 0.2) is 0 Å². The maximum Gasteiger partial charge on any atom is 0.0613 e. The van der Waals surface area contributed by atoms with E-state index in [2.05, 4.69) is 13.8 Å². The van der Waals surface area contributed by atoms with E-state index in [1.165, 1.54) is 0 Å². The van der Waals surface area contributed by atoms with Crippen LogP contribution in [-0.2, 0) is 4.74 Å². The van der Waals surface area contributed by atoms with Crippen LogP contribution in [0.4, 0.5) is 0 Å². The van der Waals surface area contributed by atoms with Gasteiger partial charge in [-0.2, -0.15) is 0 Å². The predicted octanol–water partition coefficient (Wildman–Crippen LogP) is 0.760. The summed E-state index contributed by atoms with van der Waals surface area (Å²) in [4.78, 5) is 0. The van der Waals surface area contributed by atoms with Gasteiger partial charge in [-0.25, -0.2) is 0 Å². The molecule has 0 aliphatic carbocycles. The van der Waals surface area contributed by atoms with E-state index in [1.807, 2.05) is 0 Å². The molecule has 0 aromatic heterocycles. The lowest BCUT2D eigenvalue weighted by Gasteiger charge is -2.24. The Bertz CT molecular complexity index is 105. The van der Waals surface area contributed by atoms with Crippen molar-refractivity contribution in [3.8, 4) is 0 Å². The molecule has 0 unspecified atom stereocenters. The van der Waals surface area contributed by atoms with E-state index in [4.69, 9.17) is 10.5 Å². The second kappa shape index (κ2) is 2.27. The molecule has 0 saturated carbocycles. The Labute approximate surface area is 56.4 Å². The first-order valence-electron chi connectivity index (χ1n) is 3.51. The molecule has 1 rings (SSSR count). The van der Waals surface area contributed by atoms with Crippen molar-refractivity contribution in [1.29, 1.82) is 0 Å². The lowest BCUT2D eigenvalue weighted by molar-refractivity contribution is 0.0756. The topological polar surface area (TPSA) is 35.2 Å². The Kier molecular flexibility index (Phi) is 1.78. The van der Waals surface area contributed by atoms with E-state index in [1.54, 1.807) is 0 Å². The maximum atomic E-state index is 5.58. The molecule has 2 atom stereocenters. The van der Waals surface area contributed by atoms with Gasteiger partial charge in [-0.1, -0.05) is 6.92 Å². The zero-order valence-electron chi connectivity index (χ0n) is 6.18. The third-order valence-electron chi connectivity index (χ3n) is 2.49. The molecule has 1 aliphatic rings. The molecular weight excluding hydrogens is 114 g/mol. The summed E-state index contributed by atoms with van der Waals surface area (Å²) in [5.41, 5.74) is 5.83. The van der Waals surface area contributed by atoms with Gasteiger partial charge in [0.25, 0.3) is 0 Å². The van der Waals surface area contributed by atoms with Crippen molar-refractivity contribution in [3.63, 3.8) is 0 Å². The minimum absolute atomic E-state index is 0.250. The molecule has 2 N–H and O–H groups in total. The van der Waals surface area contributed by atoms with Crippen molar-refractivity contribution in [3.05, 3.63) is 0 Å². The average molecular weight is 129 g/mol. The van der Waals surface area contributed by atoms with Gasteiger partial charge in [0.2, 0.25) is 0 Å². The zero-order valence-corrected chi connectivity index (χ0v) is 6.18. The minimum atomic E-state index is 0.250. The van der Waals surface area contributed by atoms with E-state index < -0.39 is 0 Å². The van der Waals surface area contributed by atoms with Gasteiger partial charge in [0, 0.05) is 18.6 Å². The number of hydrogen-bond donors (Lipinski definition) is 1. The van der Waals surface area contributed by atoms with Gasteiger partial charge in [-0.05, 0) is 13.3 Å². The molecule has 0 bridgehead atoms. The molecule has 1 aliphatic heterocycles. The van der Waals surface area contributed by atoms with Crippen molar-refractivity contribution in [1.82, 2.24) is 0 Å². The smallest absolute Gasteiger partial charge is 0.0613 e. The first-order chi connectivity index (χ1) is 4.19. The van der Waals surface area contributed by atoms with Crippen LogP contribution in [0.5, 0.6) is 0 Å². The molecule has 0 aromatic carbocycles. The Morgan fingerprint density at radius 3 is 2.67 bits per heavy atom. The molecule has 0 amide bonds. The van der Waals surface area contributed by atoms with E-state index in [9.17, 15) is 0 Å². The van der Waals surface area contributed by atoms with Gasteiger partial charge < -0.3 is 10.5 Å². The van der Waals surface area contributed by atoms with Gasteiger partial charge >= 0.3 is 0 Å². The third-order valence-corrected chi connectivity index (χ3v) is 2.49. The first-order valence-corrected chi connectivity index (χ1v) is 3.51. The SMILES string of the molecule is C[C@@H]1OCC[C@]1(C)CN. The van der Waals surface area contributed by atoms with Crippen LogP contribution in [0, 0.1) is 5.41 Å². The second-order valence-electron chi connectivity index (χ2n) is 3.12. The van der Waals surface area contributed by atoms with Gasteiger partial charge in [0.05, 0.1) is 6.10 Å². The van der Waals surface area contributed by atoms with E-state index in [0.29, 0.717) is 6.10 Å². The van der Waals surface area contributed by atoms with E-state index in [-0.39, 0.29) is 5.41 Å². The van der Waals surface area contributed by atoms with Gasteiger partial charge in [0.15, 0.2) is 0 Å². The molecule has 1 heterocycles. The van der Waals surface area contributed by atoms with Crippen LogP contribution in [0.25, 0.3) is 0 Å². The summed E-state index contributed by atoms with van der Waals surface area (Å²) in [5, 5.41) is 0. The number of ether oxygens (including phenoxy) is 1. The number of nitrogens with two attached hydrogens (primary N) is 1. The monoisotopic (exact) mass is 129 g/mol. The normalized spacial score (nSPS) is 43.7. The molecule has 2 nitrogen and oxygen atoms in total. The van der Waals surface area contributed by atoms with Gasteiger partial charge in [-0.3, -0.25) is 0 Å². The van der Waals surface area contributed by atoms with Crippen LogP contribution in [0.1, 0.15) is 20.3 Å². The van der Waals surface area contributed by atoms with Crippen molar-refractivity contribution < 1.29 is 4.74 Å². The van der Waals surface area contributed by atoms with Crippen molar-refractivity contribution in [2.24, 2.45) is 11.1 Å². The highest BCUT2D eigenvalue weighted by molar-refractivity contribution is 4.85. The standard InChI is InChI=1S/C7H15NO/c1-6-7(2,5-8)3-4-9-6/h6H,3-5,8H2,1-2H3/t6-,7+/m0/s1. The summed E-state index contributed by atoms with van der Waals surface area (Å²) in [5.74, 6) is 0. The maximum absolute atomic E-state index is 5.58. The van der Waals surface area contributed by atoms with Gasteiger partial charge in [0.1, 0.15) is 0 Å². The fourth-order valence-electron chi connectivity index (χ4n) is 1.14. The minimum Gasteiger partial charge on any atom is -0.378 e.